The highest BCUT2D eigenvalue weighted by Crippen LogP contribution is 2.37. The molecule has 1 fully saturated rings. The van der Waals surface area contributed by atoms with Crippen LogP contribution < -0.4 is 15.5 Å². The number of carbonyl (C=O) groups excluding carboxylic acids is 1. The van der Waals surface area contributed by atoms with Gasteiger partial charge in [0, 0.05) is 30.9 Å². The Morgan fingerprint density at radius 1 is 1.08 bits per heavy atom. The molecular weight excluding hydrogens is 552 g/mol. The zero-order chi connectivity index (χ0) is 27.7. The van der Waals surface area contributed by atoms with Gasteiger partial charge in [0.1, 0.15) is 5.69 Å². The van der Waals surface area contributed by atoms with Crippen LogP contribution in [0.3, 0.4) is 0 Å². The average Bonchev–Trinajstić information content (AvgIpc) is 3.34. The van der Waals surface area contributed by atoms with Gasteiger partial charge in [-0.3, -0.25) is 4.79 Å². The number of hydrogen-bond donors (Lipinski definition) is 2. The second kappa shape index (κ2) is 11.0. The van der Waals surface area contributed by atoms with E-state index >= 15 is 0 Å². The number of fused-ring (bicyclic) bond motifs is 1. The summed E-state index contributed by atoms with van der Waals surface area (Å²) in [7, 11) is 0. The molecule has 2 aromatic heterocycles. The molecule has 3 heterocycles. The summed E-state index contributed by atoms with van der Waals surface area (Å²) >= 11 is 12.2. The fraction of sp³-hybridized carbons (Fsp3) is 0.296. The Hall–Kier alpha value is -3.34. The zero-order valence-corrected chi connectivity index (χ0v) is 22.4. The minimum atomic E-state index is -4.56. The minimum absolute atomic E-state index is 0.0264. The lowest BCUT2D eigenvalue weighted by Crippen LogP contribution is -2.42. The molecule has 1 amide bonds. The van der Waals surface area contributed by atoms with Crippen molar-refractivity contribution >= 4 is 46.1 Å². The molecule has 0 radical (unpaired) electrons. The van der Waals surface area contributed by atoms with Gasteiger partial charge in [0.25, 0.3) is 5.91 Å². The van der Waals surface area contributed by atoms with Gasteiger partial charge in [-0.1, -0.05) is 36.2 Å². The van der Waals surface area contributed by atoms with Crippen molar-refractivity contribution in [1.29, 1.82) is 0 Å². The van der Waals surface area contributed by atoms with Crippen molar-refractivity contribution in [3.05, 3.63) is 76.2 Å². The molecule has 0 saturated carbocycles. The van der Waals surface area contributed by atoms with Crippen LogP contribution in [-0.2, 0) is 6.18 Å². The summed E-state index contributed by atoms with van der Waals surface area (Å²) in [6.07, 6.45) is 0.292. The number of rotatable bonds is 6. The fourth-order valence-corrected chi connectivity index (χ4v) is 5.05. The standard InChI is InChI=1S/C27H25Cl2F3N6O/c1-2-33-18-7-10-37(11-8-18)24-6-4-17(27(30,31)32)14-23(24)36-26(39)22-9-12-38-25(35-22)19(15-34-38)16-3-5-20(28)21(29)13-16/h3-6,9,12-15,18,33H,2,7-8,10-11H2,1H3,(H,36,39). The van der Waals surface area contributed by atoms with Gasteiger partial charge in [-0.15, -0.1) is 0 Å². The molecule has 2 N–H and O–H groups in total. The molecule has 4 aromatic rings. The molecule has 12 heteroatoms. The number of amides is 1. The smallest absolute Gasteiger partial charge is 0.370 e. The van der Waals surface area contributed by atoms with E-state index in [1.165, 1.54) is 16.6 Å². The Kier molecular flexibility index (Phi) is 7.70. The number of benzene rings is 2. The molecule has 7 nitrogen and oxygen atoms in total. The maximum Gasteiger partial charge on any atom is 0.416 e. The topological polar surface area (TPSA) is 74.6 Å². The second-order valence-electron chi connectivity index (χ2n) is 9.27. The van der Waals surface area contributed by atoms with E-state index in [4.69, 9.17) is 23.2 Å². The van der Waals surface area contributed by atoms with Crippen LogP contribution in [0, 0.1) is 0 Å². The summed E-state index contributed by atoms with van der Waals surface area (Å²) in [5.74, 6) is -0.637. The number of anilines is 2. The highest BCUT2D eigenvalue weighted by Gasteiger charge is 2.32. The van der Waals surface area contributed by atoms with E-state index in [1.54, 1.807) is 30.6 Å². The van der Waals surface area contributed by atoms with Crippen LogP contribution >= 0.6 is 23.2 Å². The van der Waals surface area contributed by atoms with Crippen molar-refractivity contribution in [3.8, 4) is 11.1 Å². The molecule has 0 unspecified atom stereocenters. The van der Waals surface area contributed by atoms with Gasteiger partial charge in [0.15, 0.2) is 5.65 Å². The molecule has 1 saturated heterocycles. The molecule has 39 heavy (non-hydrogen) atoms. The lowest BCUT2D eigenvalue weighted by atomic mass is 10.0. The molecule has 0 bridgehead atoms. The number of aromatic nitrogens is 3. The number of hydrogen-bond acceptors (Lipinski definition) is 5. The Balaban J connectivity index is 1.46. The monoisotopic (exact) mass is 576 g/mol. The van der Waals surface area contributed by atoms with Gasteiger partial charge in [-0.2, -0.15) is 18.3 Å². The molecule has 5 rings (SSSR count). The van der Waals surface area contributed by atoms with E-state index in [2.05, 4.69) is 20.7 Å². The molecule has 2 aromatic carbocycles. The van der Waals surface area contributed by atoms with E-state index in [0.29, 0.717) is 51.6 Å². The Bertz CT molecular complexity index is 1520. The summed E-state index contributed by atoms with van der Waals surface area (Å²) < 4.78 is 42.2. The third-order valence-electron chi connectivity index (χ3n) is 6.73. The maximum absolute atomic E-state index is 13.6. The highest BCUT2D eigenvalue weighted by molar-refractivity contribution is 6.42. The van der Waals surface area contributed by atoms with Crippen LogP contribution in [0.2, 0.25) is 10.0 Å². The number of nitrogens with zero attached hydrogens (tertiary/aromatic N) is 4. The third kappa shape index (κ3) is 5.83. The SMILES string of the molecule is CCNC1CCN(c2ccc(C(F)(F)F)cc2NC(=O)c2ccn3ncc(-c4ccc(Cl)c(Cl)c4)c3n2)CC1. The first-order valence-corrected chi connectivity index (χ1v) is 13.2. The normalized spacial score (nSPS) is 14.7. The quantitative estimate of drug-likeness (QED) is 0.272. The van der Waals surface area contributed by atoms with Gasteiger partial charge in [-0.25, -0.2) is 9.50 Å². The average molecular weight is 577 g/mol. The summed E-state index contributed by atoms with van der Waals surface area (Å²) in [5, 5.41) is 11.1. The summed E-state index contributed by atoms with van der Waals surface area (Å²) in [6, 6.07) is 10.3. The maximum atomic E-state index is 13.6. The fourth-order valence-electron chi connectivity index (χ4n) is 4.75. The first-order valence-electron chi connectivity index (χ1n) is 12.4. The molecule has 1 aliphatic heterocycles. The van der Waals surface area contributed by atoms with Crippen molar-refractivity contribution in [1.82, 2.24) is 19.9 Å². The van der Waals surface area contributed by atoms with Crippen molar-refractivity contribution in [3.63, 3.8) is 0 Å². The van der Waals surface area contributed by atoms with E-state index < -0.39 is 17.6 Å². The lowest BCUT2D eigenvalue weighted by molar-refractivity contribution is -0.137. The van der Waals surface area contributed by atoms with Gasteiger partial charge in [0.05, 0.1) is 33.2 Å². The molecular formula is C27H25Cl2F3N6O. The number of alkyl halides is 3. The molecule has 0 atom stereocenters. The Morgan fingerprint density at radius 3 is 2.54 bits per heavy atom. The van der Waals surface area contributed by atoms with Crippen LogP contribution in [0.15, 0.2) is 54.9 Å². The largest absolute Gasteiger partial charge is 0.416 e. The lowest BCUT2D eigenvalue weighted by Gasteiger charge is -2.35. The first kappa shape index (κ1) is 27.2. The number of carbonyl (C=O) groups is 1. The van der Waals surface area contributed by atoms with Crippen LogP contribution in [-0.4, -0.2) is 46.2 Å². The molecule has 0 aliphatic carbocycles. The van der Waals surface area contributed by atoms with Gasteiger partial charge in [0.2, 0.25) is 0 Å². The summed E-state index contributed by atoms with van der Waals surface area (Å²) in [4.78, 5) is 19.8. The van der Waals surface area contributed by atoms with Gasteiger partial charge in [-0.05, 0) is 61.3 Å². The van der Waals surface area contributed by atoms with Crippen LogP contribution in [0.1, 0.15) is 35.8 Å². The van der Waals surface area contributed by atoms with Gasteiger partial charge < -0.3 is 15.5 Å². The zero-order valence-electron chi connectivity index (χ0n) is 20.9. The highest BCUT2D eigenvalue weighted by atomic mass is 35.5. The summed E-state index contributed by atoms with van der Waals surface area (Å²) in [6.45, 7) is 4.20. The number of halogens is 5. The van der Waals surface area contributed by atoms with Crippen LogP contribution in [0.5, 0.6) is 0 Å². The third-order valence-corrected chi connectivity index (χ3v) is 7.47. The van der Waals surface area contributed by atoms with Crippen molar-refractivity contribution in [2.75, 3.05) is 29.9 Å². The van der Waals surface area contributed by atoms with E-state index in [9.17, 15) is 18.0 Å². The number of piperidine rings is 1. The first-order chi connectivity index (χ1) is 18.6. The van der Waals surface area contributed by atoms with E-state index in [-0.39, 0.29) is 11.4 Å². The molecule has 204 valence electrons. The Labute approximate surface area is 232 Å². The molecule has 0 spiro atoms. The van der Waals surface area contributed by atoms with Crippen LogP contribution in [0.4, 0.5) is 24.5 Å². The van der Waals surface area contributed by atoms with E-state index in [1.807, 2.05) is 11.8 Å². The number of nitrogens with one attached hydrogen (secondary N) is 2. The predicted octanol–water partition coefficient (Wildman–Crippen LogP) is 6.55. The molecule has 1 aliphatic rings. The Morgan fingerprint density at radius 2 is 1.85 bits per heavy atom. The van der Waals surface area contributed by atoms with Crippen molar-refractivity contribution < 1.29 is 18.0 Å². The van der Waals surface area contributed by atoms with Gasteiger partial charge >= 0.3 is 6.18 Å². The van der Waals surface area contributed by atoms with Crippen molar-refractivity contribution in [2.45, 2.75) is 32.0 Å². The minimum Gasteiger partial charge on any atom is -0.370 e. The van der Waals surface area contributed by atoms with Crippen molar-refractivity contribution in [2.24, 2.45) is 0 Å². The van der Waals surface area contributed by atoms with Crippen LogP contribution in [0.25, 0.3) is 16.8 Å². The summed E-state index contributed by atoms with van der Waals surface area (Å²) in [5.41, 5.74) is 1.50. The van der Waals surface area contributed by atoms with E-state index in [0.717, 1.165) is 31.5 Å². The second-order valence-corrected chi connectivity index (χ2v) is 10.1. The predicted molar refractivity (Wildman–Crippen MR) is 147 cm³/mol.